The third-order valence-corrected chi connectivity index (χ3v) is 12.4. The minimum absolute atomic E-state index is 0.0454. The predicted octanol–water partition coefficient (Wildman–Crippen LogP) is 3.19. The molecule has 3 aliphatic rings. The maximum absolute atomic E-state index is 13.9. The Balaban J connectivity index is 0.857. The third kappa shape index (κ3) is 9.62. The van der Waals surface area contributed by atoms with Crippen LogP contribution in [0.5, 0.6) is 0 Å². The van der Waals surface area contributed by atoms with Gasteiger partial charge >= 0.3 is 5.69 Å². The number of nitrogens with zero attached hydrogens (tertiary/aromatic N) is 3. The van der Waals surface area contributed by atoms with E-state index in [1.807, 2.05) is 68.4 Å². The van der Waals surface area contributed by atoms with Crippen LogP contribution in [-0.2, 0) is 72.8 Å². The van der Waals surface area contributed by atoms with E-state index < -0.39 is 36.0 Å². The van der Waals surface area contributed by atoms with Crippen LogP contribution in [0.4, 0.5) is 5.69 Å². The summed E-state index contributed by atoms with van der Waals surface area (Å²) < 4.78 is 9.17. The number of imidazole rings is 1. The molecule has 1 saturated heterocycles. The second-order valence-electron chi connectivity index (χ2n) is 16.7. The van der Waals surface area contributed by atoms with E-state index >= 15 is 0 Å². The maximum Gasteiger partial charge on any atom is 0.329 e. The molecule has 5 atom stereocenters. The Morgan fingerprint density at radius 3 is 2.39 bits per heavy atom. The summed E-state index contributed by atoms with van der Waals surface area (Å²) >= 11 is 0. The summed E-state index contributed by atoms with van der Waals surface area (Å²) in [4.78, 5) is 90.7. The van der Waals surface area contributed by atoms with Gasteiger partial charge in [-0.2, -0.15) is 0 Å². The zero-order chi connectivity index (χ0) is 43.4. The number of fused-ring (bicyclic) bond motifs is 1. The minimum Gasteiger partial charge on any atom is -0.372 e. The Labute approximate surface area is 354 Å². The molecule has 7 rings (SSSR count). The number of para-hydroxylation sites is 1. The number of rotatable bonds is 17. The number of hydrogen-bond donors (Lipinski definition) is 4. The number of ether oxygens (including phenoxy) is 1. The van der Waals surface area contributed by atoms with Crippen LogP contribution in [0.1, 0.15) is 92.7 Å². The number of nitrogens with two attached hydrogens (primary N) is 1. The summed E-state index contributed by atoms with van der Waals surface area (Å²) in [6.07, 6.45) is 4.58. The second kappa shape index (κ2) is 18.7. The van der Waals surface area contributed by atoms with Crippen LogP contribution in [0.25, 0.3) is 11.0 Å². The molecule has 0 saturated carbocycles. The Bertz CT molecular complexity index is 2400. The molecule has 1 unspecified atom stereocenters. The Morgan fingerprint density at radius 1 is 0.902 bits per heavy atom. The molecule has 0 bridgehead atoms. The van der Waals surface area contributed by atoms with Crippen LogP contribution >= 0.6 is 0 Å². The van der Waals surface area contributed by atoms with E-state index in [1.165, 1.54) is 9.13 Å². The van der Waals surface area contributed by atoms with Crippen molar-refractivity contribution in [3.63, 3.8) is 0 Å². The molecule has 4 heterocycles. The van der Waals surface area contributed by atoms with E-state index in [9.17, 15) is 33.6 Å². The van der Waals surface area contributed by atoms with E-state index in [2.05, 4.69) is 16.0 Å². The van der Waals surface area contributed by atoms with Gasteiger partial charge < -0.3 is 21.1 Å². The number of anilines is 1. The molecule has 6 amide bonds. The second-order valence-corrected chi connectivity index (χ2v) is 16.7. The Hall–Kier alpha value is -6.09. The average Bonchev–Trinajstić information content (AvgIpc) is 3.71. The molecule has 15 nitrogen and oxygen atoms in total. The molecular formula is C46H55N7O8. The standard InChI is InChI=1S/C46H55N7O8/c1-27-9-16-32-7-4-8-33-25-38(53(42(32)33)45(27)59)44(58)49-34(17-20-39(47)54)28(2)61-26-31-12-10-29(11-13-31)6-5-23-48-40(55)21-15-30-14-18-35-37(24-30)51(3)46(60)52(35)36-19-22-41(56)50-43(36)57/h4,7-8,10-14,18,24,27-28,34,36,38H,5-6,9,15-17,19-23,25-26H2,1-3H3,(H2,47,54)(H,48,55)(H,49,58)(H,50,56,57)/t27-,28+,34-,36?,38-/m0/s1. The first kappa shape index (κ1) is 43.0. The normalized spacial score (nSPS) is 19.6. The van der Waals surface area contributed by atoms with E-state index in [4.69, 9.17) is 10.5 Å². The van der Waals surface area contributed by atoms with Crippen molar-refractivity contribution in [2.24, 2.45) is 18.7 Å². The number of hydrogen-bond acceptors (Lipinski definition) is 8. The van der Waals surface area contributed by atoms with Crippen LogP contribution in [-0.4, -0.2) is 69.3 Å². The molecule has 0 radical (unpaired) electrons. The van der Waals surface area contributed by atoms with Crippen LogP contribution in [0.3, 0.4) is 0 Å². The van der Waals surface area contributed by atoms with Gasteiger partial charge in [-0.1, -0.05) is 55.5 Å². The number of aryl methyl sites for hydroxylation is 4. The molecule has 15 heteroatoms. The highest BCUT2D eigenvalue weighted by molar-refractivity contribution is 6.05. The van der Waals surface area contributed by atoms with Gasteiger partial charge in [-0.05, 0) is 91.8 Å². The lowest BCUT2D eigenvalue weighted by Crippen LogP contribution is -2.54. The number of imide groups is 1. The van der Waals surface area contributed by atoms with Crippen molar-refractivity contribution in [1.29, 1.82) is 0 Å². The molecule has 1 fully saturated rings. The van der Waals surface area contributed by atoms with Gasteiger partial charge in [-0.25, -0.2) is 4.79 Å². The quantitative estimate of drug-likeness (QED) is 0.0917. The van der Waals surface area contributed by atoms with E-state index in [1.54, 1.807) is 18.0 Å². The lowest BCUT2D eigenvalue weighted by Gasteiger charge is -2.30. The predicted molar refractivity (Wildman–Crippen MR) is 228 cm³/mol. The average molecular weight is 834 g/mol. The first-order valence-electron chi connectivity index (χ1n) is 21.3. The SMILES string of the molecule is C[C@H]1CCc2cccc3c2N(C1=O)[C@H](C(=O)N[C@@H](CCC(N)=O)[C@@H](C)OCc1ccc(CCCNC(=O)CCc2ccc4c(c2)n(C)c(=O)n4C2CCC(=O)NC2=O)cc1)C3. The van der Waals surface area contributed by atoms with Crippen molar-refractivity contribution in [2.45, 2.75) is 115 Å². The highest BCUT2D eigenvalue weighted by atomic mass is 16.5. The molecule has 3 aromatic carbocycles. The number of primary amides is 1. The number of benzene rings is 3. The summed E-state index contributed by atoms with van der Waals surface area (Å²) in [7, 11) is 1.64. The number of aromatic nitrogens is 2. The van der Waals surface area contributed by atoms with Crippen molar-refractivity contribution in [2.75, 3.05) is 11.4 Å². The third-order valence-electron chi connectivity index (χ3n) is 12.4. The molecule has 322 valence electrons. The topological polar surface area (TPSA) is 204 Å². The highest BCUT2D eigenvalue weighted by Gasteiger charge is 2.43. The van der Waals surface area contributed by atoms with Gasteiger partial charge in [0, 0.05) is 45.2 Å². The summed E-state index contributed by atoms with van der Waals surface area (Å²) in [6.45, 7) is 4.58. The van der Waals surface area contributed by atoms with Gasteiger partial charge in [-0.3, -0.25) is 48.1 Å². The summed E-state index contributed by atoms with van der Waals surface area (Å²) in [5.41, 5.74) is 12.3. The van der Waals surface area contributed by atoms with Crippen molar-refractivity contribution in [1.82, 2.24) is 25.1 Å². The lowest BCUT2D eigenvalue weighted by atomic mass is 9.99. The summed E-state index contributed by atoms with van der Waals surface area (Å²) in [6, 6.07) is 17.6. The van der Waals surface area contributed by atoms with E-state index in [-0.39, 0.29) is 67.5 Å². The van der Waals surface area contributed by atoms with Crippen molar-refractivity contribution in [3.8, 4) is 0 Å². The molecule has 4 aromatic rings. The fourth-order valence-electron chi connectivity index (χ4n) is 8.79. The van der Waals surface area contributed by atoms with Gasteiger partial charge in [0.25, 0.3) is 0 Å². The zero-order valence-electron chi connectivity index (χ0n) is 35.0. The molecule has 0 aliphatic carbocycles. The largest absolute Gasteiger partial charge is 0.372 e. The number of carbonyl (C=O) groups is 6. The van der Waals surface area contributed by atoms with Crippen molar-refractivity contribution in [3.05, 3.63) is 99.0 Å². The summed E-state index contributed by atoms with van der Waals surface area (Å²) in [5, 5.41) is 8.42. The molecule has 61 heavy (non-hydrogen) atoms. The van der Waals surface area contributed by atoms with Crippen LogP contribution < -0.4 is 32.3 Å². The molecular weight excluding hydrogens is 779 g/mol. The van der Waals surface area contributed by atoms with Crippen LogP contribution in [0, 0.1) is 5.92 Å². The van der Waals surface area contributed by atoms with Gasteiger partial charge in [0.2, 0.25) is 35.4 Å². The smallest absolute Gasteiger partial charge is 0.329 e. The number of amides is 6. The Kier molecular flexibility index (Phi) is 13.2. The lowest BCUT2D eigenvalue weighted by molar-refractivity contribution is -0.136. The monoisotopic (exact) mass is 833 g/mol. The fourth-order valence-corrected chi connectivity index (χ4v) is 8.79. The molecule has 5 N–H and O–H groups in total. The first-order valence-corrected chi connectivity index (χ1v) is 21.3. The highest BCUT2D eigenvalue weighted by Crippen LogP contribution is 2.40. The summed E-state index contributed by atoms with van der Waals surface area (Å²) in [5.74, 6) is -1.89. The van der Waals surface area contributed by atoms with E-state index in [0.717, 1.165) is 59.2 Å². The molecule has 1 aromatic heterocycles. The number of carbonyl (C=O) groups excluding carboxylic acids is 6. The molecule has 3 aliphatic heterocycles. The van der Waals surface area contributed by atoms with Gasteiger partial charge in [0.15, 0.2) is 0 Å². The van der Waals surface area contributed by atoms with E-state index in [0.29, 0.717) is 36.8 Å². The maximum atomic E-state index is 13.9. The number of piperidine rings is 1. The van der Waals surface area contributed by atoms with Crippen LogP contribution in [0.15, 0.2) is 65.5 Å². The fraction of sp³-hybridized carbons (Fsp3) is 0.457. The van der Waals surface area contributed by atoms with Crippen molar-refractivity contribution < 1.29 is 33.5 Å². The van der Waals surface area contributed by atoms with Gasteiger partial charge in [-0.15, -0.1) is 0 Å². The van der Waals surface area contributed by atoms with Crippen LogP contribution in [0.2, 0.25) is 0 Å². The van der Waals surface area contributed by atoms with Crippen molar-refractivity contribution >= 4 is 52.2 Å². The zero-order valence-corrected chi connectivity index (χ0v) is 35.0. The number of nitrogens with one attached hydrogen (secondary N) is 3. The minimum atomic E-state index is -0.752. The molecule has 0 spiro atoms. The first-order chi connectivity index (χ1) is 29.3. The van der Waals surface area contributed by atoms with Gasteiger partial charge in [0.1, 0.15) is 12.1 Å². The Morgan fingerprint density at radius 2 is 1.64 bits per heavy atom. The van der Waals surface area contributed by atoms with Gasteiger partial charge in [0.05, 0.1) is 35.5 Å².